The molecule has 0 aliphatic heterocycles. The number of nitrogens with two attached hydrogens (primary N) is 1. The first-order valence-corrected chi connectivity index (χ1v) is 8.56. The maximum absolute atomic E-state index is 6.27. The van der Waals surface area contributed by atoms with Gasteiger partial charge in [-0.3, -0.25) is 0 Å². The molecule has 1 aliphatic carbocycles. The molecule has 84 valence electrons. The van der Waals surface area contributed by atoms with Crippen molar-refractivity contribution in [1.82, 2.24) is 0 Å². The zero-order valence-corrected chi connectivity index (χ0v) is 11.3. The molecule has 14 heavy (non-hydrogen) atoms. The molecule has 0 amide bonds. The van der Waals surface area contributed by atoms with Crippen molar-refractivity contribution in [3.05, 3.63) is 0 Å². The lowest BCUT2D eigenvalue weighted by molar-refractivity contribution is 0.0668. The van der Waals surface area contributed by atoms with E-state index in [-0.39, 0.29) is 10.8 Å². The fraction of sp³-hybridized carbons (Fsp3) is 1.00. The average molecular weight is 215 g/mol. The maximum atomic E-state index is 6.27. The lowest BCUT2D eigenvalue weighted by Crippen LogP contribution is -2.53. The topological polar surface area (TPSA) is 35.2 Å². The van der Waals surface area contributed by atoms with E-state index >= 15 is 0 Å². The predicted octanol–water partition coefficient (Wildman–Crippen LogP) is 3.24. The summed E-state index contributed by atoms with van der Waals surface area (Å²) in [5.41, 5.74) is 5.95. The molecule has 0 aromatic carbocycles. The number of rotatable bonds is 2. The highest BCUT2D eigenvalue weighted by atomic mass is 28.4. The first-order chi connectivity index (χ1) is 6.16. The molecule has 1 saturated carbocycles. The van der Waals surface area contributed by atoms with Crippen LogP contribution in [0.3, 0.4) is 0 Å². The van der Waals surface area contributed by atoms with E-state index in [1.54, 1.807) is 0 Å². The summed E-state index contributed by atoms with van der Waals surface area (Å²) in [5, 5.41) is 0.266. The lowest BCUT2D eigenvalue weighted by atomic mass is 10.2. The summed E-state index contributed by atoms with van der Waals surface area (Å²) in [7, 11) is -1.67. The van der Waals surface area contributed by atoms with Crippen LogP contribution in [0.1, 0.15) is 46.5 Å². The van der Waals surface area contributed by atoms with Crippen LogP contribution in [0.15, 0.2) is 0 Å². The largest absolute Gasteiger partial charge is 0.399 e. The Hall–Kier alpha value is 0.137. The number of hydrogen-bond donors (Lipinski definition) is 1. The summed E-state index contributed by atoms with van der Waals surface area (Å²) in [6.45, 7) is 11.3. The fourth-order valence-corrected chi connectivity index (χ4v) is 3.26. The van der Waals surface area contributed by atoms with Gasteiger partial charge in [0.2, 0.25) is 0 Å². The third kappa shape index (κ3) is 2.58. The monoisotopic (exact) mass is 215 g/mol. The highest BCUT2D eigenvalue weighted by Crippen LogP contribution is 2.41. The van der Waals surface area contributed by atoms with Gasteiger partial charge in [0, 0.05) is 0 Å². The van der Waals surface area contributed by atoms with Gasteiger partial charge < -0.3 is 10.2 Å². The molecular weight excluding hydrogens is 190 g/mol. The predicted molar refractivity (Wildman–Crippen MR) is 63.7 cm³/mol. The van der Waals surface area contributed by atoms with Crippen LogP contribution in [0.2, 0.25) is 18.1 Å². The third-order valence-electron chi connectivity index (χ3n) is 3.71. The van der Waals surface area contributed by atoms with E-state index in [4.69, 9.17) is 10.2 Å². The molecule has 0 aromatic rings. The van der Waals surface area contributed by atoms with Crippen molar-refractivity contribution in [1.29, 1.82) is 0 Å². The van der Waals surface area contributed by atoms with E-state index in [1.807, 2.05) is 0 Å². The van der Waals surface area contributed by atoms with Crippen molar-refractivity contribution in [3.8, 4) is 0 Å². The van der Waals surface area contributed by atoms with Crippen LogP contribution in [0.25, 0.3) is 0 Å². The molecule has 0 saturated heterocycles. The van der Waals surface area contributed by atoms with Crippen LogP contribution >= 0.6 is 0 Å². The van der Waals surface area contributed by atoms with E-state index in [9.17, 15) is 0 Å². The zero-order valence-electron chi connectivity index (χ0n) is 10.3. The Morgan fingerprint density at radius 2 is 1.57 bits per heavy atom. The molecule has 0 spiro atoms. The van der Waals surface area contributed by atoms with E-state index in [2.05, 4.69) is 33.9 Å². The van der Waals surface area contributed by atoms with E-state index < -0.39 is 8.32 Å². The Balaban J connectivity index is 2.67. The minimum atomic E-state index is -1.67. The van der Waals surface area contributed by atoms with E-state index in [1.165, 1.54) is 12.8 Å². The summed E-state index contributed by atoms with van der Waals surface area (Å²) < 4.78 is 6.27. The normalized spacial score (nSPS) is 22.7. The first-order valence-electron chi connectivity index (χ1n) is 5.65. The minimum Gasteiger partial charge on any atom is -0.399 e. The van der Waals surface area contributed by atoms with Gasteiger partial charge >= 0.3 is 0 Å². The van der Waals surface area contributed by atoms with Crippen molar-refractivity contribution < 1.29 is 4.43 Å². The summed E-state index contributed by atoms with van der Waals surface area (Å²) in [6, 6.07) is 0. The fourth-order valence-electron chi connectivity index (χ4n) is 1.74. The van der Waals surface area contributed by atoms with Crippen LogP contribution < -0.4 is 5.73 Å². The Labute approximate surface area is 89.3 Å². The standard InChI is InChI=1S/C11H25NOSi/c1-10(2,3)14(4,5)13-11(12)8-6-7-9-11/h6-9,12H2,1-5H3. The molecule has 0 bridgehead atoms. The van der Waals surface area contributed by atoms with Gasteiger partial charge in [0.25, 0.3) is 0 Å². The second kappa shape index (κ2) is 3.61. The molecule has 1 aliphatic rings. The molecule has 0 heterocycles. The molecule has 0 unspecified atom stereocenters. The van der Waals surface area contributed by atoms with Gasteiger partial charge in [-0.05, 0) is 43.8 Å². The van der Waals surface area contributed by atoms with Crippen LogP contribution in [0.4, 0.5) is 0 Å². The Kier molecular flexibility index (Phi) is 3.15. The lowest BCUT2D eigenvalue weighted by Gasteiger charge is -2.42. The molecule has 0 atom stereocenters. The van der Waals surface area contributed by atoms with Crippen molar-refractivity contribution in [2.24, 2.45) is 5.73 Å². The Morgan fingerprint density at radius 3 is 1.93 bits per heavy atom. The van der Waals surface area contributed by atoms with E-state index in [0.29, 0.717) is 0 Å². The minimum absolute atomic E-state index is 0.266. The van der Waals surface area contributed by atoms with Crippen LogP contribution in [0.5, 0.6) is 0 Å². The maximum Gasteiger partial charge on any atom is 0.194 e. The van der Waals surface area contributed by atoms with Crippen molar-refractivity contribution in [2.45, 2.75) is 70.3 Å². The van der Waals surface area contributed by atoms with E-state index in [0.717, 1.165) is 12.8 Å². The molecule has 2 N–H and O–H groups in total. The van der Waals surface area contributed by atoms with Gasteiger partial charge in [0.05, 0.1) is 0 Å². The SMILES string of the molecule is CC(C)(C)[Si](C)(C)OC1(N)CCCC1. The van der Waals surface area contributed by atoms with Gasteiger partial charge in [-0.1, -0.05) is 20.8 Å². The Morgan fingerprint density at radius 1 is 1.14 bits per heavy atom. The van der Waals surface area contributed by atoms with Crippen LogP contribution in [0, 0.1) is 0 Å². The molecule has 3 heteroatoms. The van der Waals surface area contributed by atoms with Gasteiger partial charge in [0.15, 0.2) is 8.32 Å². The molecule has 1 fully saturated rings. The summed E-state index contributed by atoms with van der Waals surface area (Å²) in [5.74, 6) is 0. The summed E-state index contributed by atoms with van der Waals surface area (Å²) in [6.07, 6.45) is 4.54. The van der Waals surface area contributed by atoms with Gasteiger partial charge in [-0.25, -0.2) is 0 Å². The summed E-state index contributed by atoms with van der Waals surface area (Å²) >= 11 is 0. The molecule has 2 nitrogen and oxygen atoms in total. The van der Waals surface area contributed by atoms with Crippen LogP contribution in [-0.2, 0) is 4.43 Å². The second-order valence-electron chi connectivity index (χ2n) is 6.13. The number of hydrogen-bond acceptors (Lipinski definition) is 2. The third-order valence-corrected chi connectivity index (χ3v) is 8.24. The van der Waals surface area contributed by atoms with Crippen molar-refractivity contribution in [3.63, 3.8) is 0 Å². The molecular formula is C11H25NOSi. The van der Waals surface area contributed by atoms with Gasteiger partial charge in [0.1, 0.15) is 5.72 Å². The Bertz CT molecular complexity index is 202. The second-order valence-corrected chi connectivity index (χ2v) is 10.9. The van der Waals surface area contributed by atoms with Crippen molar-refractivity contribution in [2.75, 3.05) is 0 Å². The highest BCUT2D eigenvalue weighted by molar-refractivity contribution is 6.74. The zero-order chi connectivity index (χ0) is 11.0. The van der Waals surface area contributed by atoms with Crippen LogP contribution in [-0.4, -0.2) is 14.0 Å². The average Bonchev–Trinajstić information content (AvgIpc) is 2.31. The quantitative estimate of drug-likeness (QED) is 0.567. The molecule has 0 radical (unpaired) electrons. The molecule has 0 aromatic heterocycles. The summed E-state index contributed by atoms with van der Waals surface area (Å²) in [4.78, 5) is 0. The smallest absolute Gasteiger partial charge is 0.194 e. The van der Waals surface area contributed by atoms with Gasteiger partial charge in [-0.2, -0.15) is 0 Å². The van der Waals surface area contributed by atoms with Crippen molar-refractivity contribution >= 4 is 8.32 Å². The highest BCUT2D eigenvalue weighted by Gasteiger charge is 2.44. The van der Waals surface area contributed by atoms with Gasteiger partial charge in [-0.15, -0.1) is 0 Å². The first kappa shape index (κ1) is 12.2. The molecule has 1 rings (SSSR count).